The molecule has 0 aliphatic heterocycles. The summed E-state index contributed by atoms with van der Waals surface area (Å²) in [5.41, 5.74) is 1.47. The van der Waals surface area contributed by atoms with Gasteiger partial charge in [0.2, 0.25) is 0 Å². The van der Waals surface area contributed by atoms with Crippen LogP contribution in [0.4, 0.5) is 0 Å². The lowest BCUT2D eigenvalue weighted by Gasteiger charge is -2.25. The first-order valence-electron chi connectivity index (χ1n) is 7.45. The quantitative estimate of drug-likeness (QED) is 0.617. The number of halogens is 2. The number of hydrogen-bond acceptors (Lipinski definition) is 1. The zero-order valence-corrected chi connectivity index (χ0v) is 14.6. The Balaban J connectivity index is 2.40. The van der Waals surface area contributed by atoms with Gasteiger partial charge < -0.3 is 5.32 Å². The predicted octanol–water partition coefficient (Wildman–Crippen LogP) is 5.59. The standard InChI is InChI=1S/C17H27Cl2N/c1-13(2)12-20-10-9-17(3,4)8-7-14-11-15(18)5-6-16(14)19/h5-6,11,13,20H,7-10,12H2,1-4H3. The fraction of sp³-hybridized carbons (Fsp3) is 0.647. The second-order valence-electron chi connectivity index (χ2n) is 6.75. The molecule has 1 aromatic rings. The third-order valence-corrected chi connectivity index (χ3v) is 4.21. The van der Waals surface area contributed by atoms with Crippen molar-refractivity contribution in [3.05, 3.63) is 33.8 Å². The molecule has 0 amide bonds. The van der Waals surface area contributed by atoms with Crippen molar-refractivity contribution in [1.82, 2.24) is 5.32 Å². The van der Waals surface area contributed by atoms with Crippen LogP contribution in [-0.2, 0) is 6.42 Å². The molecule has 0 radical (unpaired) electrons. The number of nitrogens with one attached hydrogen (secondary N) is 1. The molecule has 0 atom stereocenters. The summed E-state index contributed by atoms with van der Waals surface area (Å²) in [6.07, 6.45) is 3.28. The molecule has 0 aliphatic rings. The van der Waals surface area contributed by atoms with E-state index < -0.39 is 0 Å². The molecule has 0 aliphatic carbocycles. The Bertz CT molecular complexity index is 413. The van der Waals surface area contributed by atoms with Gasteiger partial charge in [-0.05, 0) is 67.4 Å². The van der Waals surface area contributed by atoms with Crippen LogP contribution in [0.2, 0.25) is 10.0 Å². The van der Waals surface area contributed by atoms with Crippen LogP contribution in [0.25, 0.3) is 0 Å². The van der Waals surface area contributed by atoms with Crippen molar-refractivity contribution in [2.75, 3.05) is 13.1 Å². The maximum absolute atomic E-state index is 6.22. The van der Waals surface area contributed by atoms with Gasteiger partial charge >= 0.3 is 0 Å². The summed E-state index contributed by atoms with van der Waals surface area (Å²) in [5, 5.41) is 5.10. The summed E-state index contributed by atoms with van der Waals surface area (Å²) < 4.78 is 0. The topological polar surface area (TPSA) is 12.0 Å². The number of aryl methyl sites for hydroxylation is 1. The van der Waals surface area contributed by atoms with Crippen LogP contribution in [0.5, 0.6) is 0 Å². The van der Waals surface area contributed by atoms with Gasteiger partial charge in [-0.25, -0.2) is 0 Å². The lowest BCUT2D eigenvalue weighted by Crippen LogP contribution is -2.25. The molecular weight excluding hydrogens is 289 g/mol. The first-order chi connectivity index (χ1) is 9.30. The Kier molecular flexibility index (Phi) is 7.36. The van der Waals surface area contributed by atoms with Gasteiger partial charge in [-0.15, -0.1) is 0 Å². The van der Waals surface area contributed by atoms with Crippen molar-refractivity contribution in [1.29, 1.82) is 0 Å². The van der Waals surface area contributed by atoms with Crippen molar-refractivity contribution in [2.24, 2.45) is 11.3 Å². The molecule has 1 aromatic carbocycles. The summed E-state index contributed by atoms with van der Waals surface area (Å²) in [6.45, 7) is 11.3. The maximum Gasteiger partial charge on any atom is 0.0439 e. The van der Waals surface area contributed by atoms with E-state index in [4.69, 9.17) is 23.2 Å². The van der Waals surface area contributed by atoms with Crippen LogP contribution < -0.4 is 5.32 Å². The van der Waals surface area contributed by atoms with E-state index in [1.807, 2.05) is 18.2 Å². The average molecular weight is 316 g/mol. The van der Waals surface area contributed by atoms with E-state index in [0.717, 1.165) is 41.5 Å². The minimum Gasteiger partial charge on any atom is -0.316 e. The third kappa shape index (κ3) is 6.97. The molecular formula is C17H27Cl2N. The van der Waals surface area contributed by atoms with E-state index >= 15 is 0 Å². The second kappa shape index (κ2) is 8.26. The first kappa shape index (κ1) is 17.8. The molecule has 0 heterocycles. The highest BCUT2D eigenvalue weighted by Crippen LogP contribution is 2.29. The molecule has 0 saturated carbocycles. The van der Waals surface area contributed by atoms with E-state index in [-0.39, 0.29) is 0 Å². The zero-order chi connectivity index (χ0) is 15.2. The highest BCUT2D eigenvalue weighted by molar-refractivity contribution is 6.33. The van der Waals surface area contributed by atoms with Crippen LogP contribution in [0.3, 0.4) is 0 Å². The van der Waals surface area contributed by atoms with Gasteiger partial charge in [-0.3, -0.25) is 0 Å². The lowest BCUT2D eigenvalue weighted by atomic mass is 9.83. The van der Waals surface area contributed by atoms with Crippen molar-refractivity contribution in [3.8, 4) is 0 Å². The largest absolute Gasteiger partial charge is 0.316 e. The smallest absolute Gasteiger partial charge is 0.0439 e. The molecule has 1 N–H and O–H groups in total. The Morgan fingerprint density at radius 2 is 1.85 bits per heavy atom. The number of hydrogen-bond donors (Lipinski definition) is 1. The molecule has 0 spiro atoms. The third-order valence-electron chi connectivity index (χ3n) is 3.61. The van der Waals surface area contributed by atoms with Crippen molar-refractivity contribution in [2.45, 2.75) is 47.0 Å². The summed E-state index contributed by atoms with van der Waals surface area (Å²) in [6, 6.07) is 5.71. The second-order valence-corrected chi connectivity index (χ2v) is 7.59. The fourth-order valence-corrected chi connectivity index (χ4v) is 2.56. The van der Waals surface area contributed by atoms with Crippen molar-refractivity contribution < 1.29 is 0 Å². The van der Waals surface area contributed by atoms with Gasteiger partial charge in [0.1, 0.15) is 0 Å². The SMILES string of the molecule is CC(C)CNCCC(C)(C)CCc1cc(Cl)ccc1Cl. The van der Waals surface area contributed by atoms with Gasteiger partial charge in [-0.1, -0.05) is 50.9 Å². The summed E-state index contributed by atoms with van der Waals surface area (Å²) in [7, 11) is 0. The van der Waals surface area contributed by atoms with Crippen LogP contribution in [-0.4, -0.2) is 13.1 Å². The van der Waals surface area contributed by atoms with Gasteiger partial charge in [0.25, 0.3) is 0 Å². The Labute approximate surface area is 134 Å². The van der Waals surface area contributed by atoms with E-state index in [1.165, 1.54) is 6.42 Å². The Morgan fingerprint density at radius 3 is 2.50 bits per heavy atom. The molecule has 0 bridgehead atoms. The van der Waals surface area contributed by atoms with Gasteiger partial charge in [-0.2, -0.15) is 0 Å². The molecule has 0 unspecified atom stereocenters. The van der Waals surface area contributed by atoms with Crippen LogP contribution in [0.1, 0.15) is 46.1 Å². The molecule has 0 saturated heterocycles. The van der Waals surface area contributed by atoms with Crippen LogP contribution >= 0.6 is 23.2 Å². The maximum atomic E-state index is 6.22. The Morgan fingerprint density at radius 1 is 1.15 bits per heavy atom. The van der Waals surface area contributed by atoms with Crippen molar-refractivity contribution >= 4 is 23.2 Å². The van der Waals surface area contributed by atoms with Gasteiger partial charge in [0, 0.05) is 10.0 Å². The van der Waals surface area contributed by atoms with E-state index in [0.29, 0.717) is 11.3 Å². The highest BCUT2D eigenvalue weighted by atomic mass is 35.5. The van der Waals surface area contributed by atoms with Crippen LogP contribution in [0, 0.1) is 11.3 Å². The zero-order valence-electron chi connectivity index (χ0n) is 13.1. The molecule has 20 heavy (non-hydrogen) atoms. The summed E-state index contributed by atoms with van der Waals surface area (Å²) in [4.78, 5) is 0. The number of rotatable bonds is 8. The molecule has 0 aromatic heterocycles. The first-order valence-corrected chi connectivity index (χ1v) is 8.20. The minimum atomic E-state index is 0.315. The predicted molar refractivity (Wildman–Crippen MR) is 90.9 cm³/mol. The normalized spacial score (nSPS) is 12.2. The number of benzene rings is 1. The van der Waals surface area contributed by atoms with Crippen LogP contribution in [0.15, 0.2) is 18.2 Å². The van der Waals surface area contributed by atoms with E-state index in [1.54, 1.807) is 0 Å². The average Bonchev–Trinajstić information content (AvgIpc) is 2.36. The van der Waals surface area contributed by atoms with E-state index in [9.17, 15) is 0 Å². The fourth-order valence-electron chi connectivity index (χ4n) is 2.15. The van der Waals surface area contributed by atoms with E-state index in [2.05, 4.69) is 33.0 Å². The molecule has 3 heteroatoms. The van der Waals surface area contributed by atoms with Gasteiger partial charge in [0.05, 0.1) is 0 Å². The molecule has 1 rings (SSSR count). The lowest BCUT2D eigenvalue weighted by molar-refractivity contribution is 0.300. The summed E-state index contributed by atoms with van der Waals surface area (Å²) >= 11 is 12.2. The monoisotopic (exact) mass is 315 g/mol. The minimum absolute atomic E-state index is 0.315. The highest BCUT2D eigenvalue weighted by Gasteiger charge is 2.18. The summed E-state index contributed by atoms with van der Waals surface area (Å²) in [5.74, 6) is 0.711. The molecule has 114 valence electrons. The molecule has 1 nitrogen and oxygen atoms in total. The Hall–Kier alpha value is -0.240. The molecule has 0 fully saturated rings. The van der Waals surface area contributed by atoms with Gasteiger partial charge in [0.15, 0.2) is 0 Å². The van der Waals surface area contributed by atoms with Crippen molar-refractivity contribution in [3.63, 3.8) is 0 Å².